The highest BCUT2D eigenvalue weighted by Crippen LogP contribution is 2.66. The predicted octanol–water partition coefficient (Wildman–Crippen LogP) is 19.5. The minimum Gasteiger partial charge on any atom is -0.456 e. The SMILES string of the molecule is c1ccc(-c2ccc(N(c3cccc4c3C3(c5ccccc5-c5ccccc53)c3ccccc3-4)c3c(-c4ccccc4)ccc4oc5ccc(-c6ccc7c(c6)c6ccccc6n7-c6ccccc6)cc5c34)cc2)cc1. The molecule has 0 saturated heterocycles. The minimum absolute atomic E-state index is 0.605. The van der Waals surface area contributed by atoms with Gasteiger partial charge in [0, 0.05) is 38.7 Å². The molecule has 14 aromatic rings. The first-order chi connectivity index (χ1) is 37.7. The van der Waals surface area contributed by atoms with E-state index >= 15 is 0 Å². The normalized spacial score (nSPS) is 12.8. The van der Waals surface area contributed by atoms with Gasteiger partial charge in [0.1, 0.15) is 11.2 Å². The Hall–Kier alpha value is -9.96. The average molecular weight is 967 g/mol. The van der Waals surface area contributed by atoms with Crippen molar-refractivity contribution in [2.45, 2.75) is 5.41 Å². The van der Waals surface area contributed by atoms with Gasteiger partial charge >= 0.3 is 0 Å². The van der Waals surface area contributed by atoms with E-state index in [0.29, 0.717) is 0 Å². The quantitative estimate of drug-likeness (QED) is 0.159. The van der Waals surface area contributed by atoms with Crippen LogP contribution in [0.3, 0.4) is 0 Å². The van der Waals surface area contributed by atoms with Crippen molar-refractivity contribution >= 4 is 60.8 Å². The first kappa shape index (κ1) is 42.5. The van der Waals surface area contributed by atoms with E-state index in [2.05, 4.69) is 289 Å². The van der Waals surface area contributed by atoms with Gasteiger partial charge in [0.15, 0.2) is 0 Å². The van der Waals surface area contributed by atoms with Gasteiger partial charge in [-0.15, -0.1) is 0 Å². The second-order valence-electron chi connectivity index (χ2n) is 20.3. The molecule has 2 aliphatic carbocycles. The van der Waals surface area contributed by atoms with Crippen molar-refractivity contribution in [3.8, 4) is 61.3 Å². The van der Waals surface area contributed by atoms with Gasteiger partial charge in [-0.25, -0.2) is 0 Å². The van der Waals surface area contributed by atoms with Gasteiger partial charge in [-0.05, 0) is 140 Å². The molecule has 16 rings (SSSR count). The van der Waals surface area contributed by atoms with Gasteiger partial charge in [-0.1, -0.05) is 206 Å². The highest BCUT2D eigenvalue weighted by Gasteiger charge is 2.53. The lowest BCUT2D eigenvalue weighted by Gasteiger charge is -2.36. The third-order valence-corrected chi connectivity index (χ3v) is 16.4. The Morgan fingerprint density at radius 2 is 0.842 bits per heavy atom. The third kappa shape index (κ3) is 6.05. The molecule has 0 radical (unpaired) electrons. The Balaban J connectivity index is 0.998. The number of fused-ring (bicyclic) bond motifs is 16. The first-order valence-corrected chi connectivity index (χ1v) is 26.2. The molecule has 0 amide bonds. The zero-order valence-corrected chi connectivity index (χ0v) is 41.4. The molecule has 0 aliphatic heterocycles. The van der Waals surface area contributed by atoms with Crippen LogP contribution in [0.5, 0.6) is 0 Å². The smallest absolute Gasteiger partial charge is 0.137 e. The molecule has 2 aliphatic rings. The number of benzene rings is 12. The molecule has 0 saturated carbocycles. The topological polar surface area (TPSA) is 21.3 Å². The number of aromatic nitrogens is 1. The maximum absolute atomic E-state index is 7.05. The van der Waals surface area contributed by atoms with Gasteiger partial charge in [-0.2, -0.15) is 0 Å². The van der Waals surface area contributed by atoms with E-state index < -0.39 is 5.41 Å². The van der Waals surface area contributed by atoms with Crippen LogP contribution in [0.25, 0.3) is 105 Å². The molecule has 3 heteroatoms. The Kier molecular flexibility index (Phi) is 9.25. The van der Waals surface area contributed by atoms with Crippen LogP contribution in [0.4, 0.5) is 17.1 Å². The van der Waals surface area contributed by atoms with E-state index in [9.17, 15) is 0 Å². The fourth-order valence-electron chi connectivity index (χ4n) is 13.3. The van der Waals surface area contributed by atoms with Crippen molar-refractivity contribution in [1.82, 2.24) is 4.57 Å². The summed E-state index contributed by atoms with van der Waals surface area (Å²) in [5, 5.41) is 4.56. The number of rotatable bonds is 7. The van der Waals surface area contributed by atoms with Crippen molar-refractivity contribution in [1.29, 1.82) is 0 Å². The summed E-state index contributed by atoms with van der Waals surface area (Å²) in [6.45, 7) is 0. The second kappa shape index (κ2) is 16.5. The number of anilines is 3. The van der Waals surface area contributed by atoms with Crippen LogP contribution in [0.1, 0.15) is 22.3 Å². The van der Waals surface area contributed by atoms with Crippen molar-refractivity contribution in [3.05, 3.63) is 301 Å². The van der Waals surface area contributed by atoms with Crippen molar-refractivity contribution in [2.24, 2.45) is 0 Å². The summed E-state index contributed by atoms with van der Waals surface area (Å²) in [5.74, 6) is 0. The molecule has 354 valence electrons. The summed E-state index contributed by atoms with van der Waals surface area (Å²) in [6.07, 6.45) is 0. The Labute approximate surface area is 440 Å². The largest absolute Gasteiger partial charge is 0.456 e. The molecule has 0 N–H and O–H groups in total. The summed E-state index contributed by atoms with van der Waals surface area (Å²) in [6, 6.07) is 103. The monoisotopic (exact) mass is 966 g/mol. The van der Waals surface area contributed by atoms with Gasteiger partial charge in [0.05, 0.1) is 33.2 Å². The van der Waals surface area contributed by atoms with E-state index in [1.165, 1.54) is 71.9 Å². The fraction of sp³-hybridized carbons (Fsp3) is 0.0137. The molecule has 12 aromatic carbocycles. The van der Waals surface area contributed by atoms with Crippen molar-refractivity contribution < 1.29 is 4.42 Å². The van der Waals surface area contributed by atoms with Crippen molar-refractivity contribution in [2.75, 3.05) is 4.90 Å². The van der Waals surface area contributed by atoms with E-state index in [1.54, 1.807) is 0 Å². The zero-order chi connectivity index (χ0) is 49.9. The van der Waals surface area contributed by atoms with Crippen LogP contribution >= 0.6 is 0 Å². The van der Waals surface area contributed by atoms with Crippen LogP contribution in [0.2, 0.25) is 0 Å². The van der Waals surface area contributed by atoms with E-state index in [0.717, 1.165) is 72.5 Å². The first-order valence-electron chi connectivity index (χ1n) is 26.2. The van der Waals surface area contributed by atoms with Gasteiger partial charge < -0.3 is 13.9 Å². The molecule has 3 nitrogen and oxygen atoms in total. The second-order valence-corrected chi connectivity index (χ2v) is 20.3. The van der Waals surface area contributed by atoms with E-state index in [4.69, 9.17) is 4.42 Å². The molecule has 0 bridgehead atoms. The summed E-state index contributed by atoms with van der Waals surface area (Å²) in [7, 11) is 0. The average Bonchev–Trinajstić information content (AvgIpc) is 4.41. The number of furan rings is 1. The molecule has 2 aromatic heterocycles. The molecule has 76 heavy (non-hydrogen) atoms. The Morgan fingerprint density at radius 3 is 1.54 bits per heavy atom. The molecular weight excluding hydrogens is 921 g/mol. The van der Waals surface area contributed by atoms with E-state index in [1.807, 2.05) is 0 Å². The number of hydrogen-bond donors (Lipinski definition) is 0. The third-order valence-electron chi connectivity index (χ3n) is 16.4. The molecule has 2 heterocycles. The fourth-order valence-corrected chi connectivity index (χ4v) is 13.3. The van der Waals surface area contributed by atoms with Gasteiger partial charge in [0.2, 0.25) is 0 Å². The molecular formula is C73H46N2O. The van der Waals surface area contributed by atoms with Crippen molar-refractivity contribution in [3.63, 3.8) is 0 Å². The Bertz CT molecular complexity index is 4560. The van der Waals surface area contributed by atoms with Crippen LogP contribution < -0.4 is 4.90 Å². The number of hydrogen-bond acceptors (Lipinski definition) is 2. The Morgan fingerprint density at radius 1 is 0.329 bits per heavy atom. The minimum atomic E-state index is -0.605. The molecule has 0 unspecified atom stereocenters. The van der Waals surface area contributed by atoms with Crippen LogP contribution in [-0.2, 0) is 5.41 Å². The maximum atomic E-state index is 7.05. The molecule has 0 atom stereocenters. The predicted molar refractivity (Wildman–Crippen MR) is 315 cm³/mol. The summed E-state index contributed by atoms with van der Waals surface area (Å²) < 4.78 is 9.43. The summed E-state index contributed by atoms with van der Waals surface area (Å²) in [4.78, 5) is 2.57. The lowest BCUT2D eigenvalue weighted by atomic mass is 9.70. The molecule has 1 spiro atoms. The van der Waals surface area contributed by atoms with Crippen LogP contribution in [-0.4, -0.2) is 4.57 Å². The van der Waals surface area contributed by atoms with Crippen LogP contribution in [0, 0.1) is 0 Å². The summed E-state index contributed by atoms with van der Waals surface area (Å²) >= 11 is 0. The number of nitrogens with zero attached hydrogens (tertiary/aromatic N) is 2. The van der Waals surface area contributed by atoms with E-state index in [-0.39, 0.29) is 0 Å². The highest BCUT2D eigenvalue weighted by atomic mass is 16.3. The van der Waals surface area contributed by atoms with Crippen LogP contribution in [0.15, 0.2) is 283 Å². The molecule has 0 fully saturated rings. The lowest BCUT2D eigenvalue weighted by molar-refractivity contribution is 0.669. The standard InChI is InChI=1S/C73H46N2O/c1-4-19-47(20-5-1)48-35-39-53(40-36-48)75(67-34-18-29-59-57-27-12-16-32-64(57)73(71(59)67)62-30-14-10-25-55(62)56-26-11-15-31-63(56)73)72-54(49-21-6-2-7-22-49)41-44-69-70(72)61-46-51(38-43-68(61)76-69)50-37-42-66-60(45-50)58-28-13-17-33-65(58)74(66)52-23-8-3-9-24-52/h1-46H. The zero-order valence-electron chi connectivity index (χ0n) is 41.4. The lowest BCUT2D eigenvalue weighted by Crippen LogP contribution is -2.28. The summed E-state index contributed by atoms with van der Waals surface area (Å²) in [5.41, 5.74) is 24.9. The maximum Gasteiger partial charge on any atom is 0.137 e. The number of para-hydroxylation sites is 2. The van der Waals surface area contributed by atoms with Gasteiger partial charge in [-0.3, -0.25) is 0 Å². The highest BCUT2D eigenvalue weighted by molar-refractivity contribution is 6.19. The van der Waals surface area contributed by atoms with Gasteiger partial charge in [0.25, 0.3) is 0 Å².